The third-order valence-electron chi connectivity index (χ3n) is 6.48. The molecule has 0 unspecified atom stereocenters. The number of anilines is 2. The largest absolute Gasteiger partial charge is 0.279 e. The van der Waals surface area contributed by atoms with E-state index in [0.717, 1.165) is 21.5 Å². The minimum atomic E-state index is -3.90. The van der Waals surface area contributed by atoms with E-state index in [1.54, 1.807) is 72.8 Å². The Morgan fingerprint density at radius 1 is 0.395 bits per heavy atom. The van der Waals surface area contributed by atoms with Crippen molar-refractivity contribution in [2.45, 2.75) is 9.79 Å². The number of hydrogen-bond donors (Lipinski definition) is 2. The summed E-state index contributed by atoms with van der Waals surface area (Å²) in [5, 5.41) is 4.66. The lowest BCUT2D eigenvalue weighted by Gasteiger charge is -2.15. The summed E-state index contributed by atoms with van der Waals surface area (Å²) < 4.78 is 58.4. The van der Waals surface area contributed by atoms with Crippen LogP contribution in [0.3, 0.4) is 0 Å². The molecular weight excluding hydrogens is 516 g/mol. The predicted octanol–water partition coefficient (Wildman–Crippen LogP) is 6.75. The van der Waals surface area contributed by atoms with E-state index in [2.05, 4.69) is 9.44 Å². The van der Waals surface area contributed by atoms with Gasteiger partial charge in [-0.1, -0.05) is 84.9 Å². The molecule has 0 bridgehead atoms. The quantitative estimate of drug-likeness (QED) is 0.245. The van der Waals surface area contributed by atoms with Gasteiger partial charge in [-0.25, -0.2) is 16.8 Å². The SMILES string of the molecule is O=S(=O)(Nc1ccc(NS(=O)(=O)c2ccc3ccccc3c2)c2ccccc12)c1ccc2ccccc2c1. The third kappa shape index (κ3) is 4.44. The summed E-state index contributed by atoms with van der Waals surface area (Å²) in [4.78, 5) is 0.280. The summed E-state index contributed by atoms with van der Waals surface area (Å²) in [5.41, 5.74) is 0.699. The Balaban J connectivity index is 1.36. The van der Waals surface area contributed by atoms with Crippen LogP contribution in [0.4, 0.5) is 11.4 Å². The van der Waals surface area contributed by atoms with Gasteiger partial charge in [-0.2, -0.15) is 0 Å². The maximum Gasteiger partial charge on any atom is 0.261 e. The van der Waals surface area contributed by atoms with Gasteiger partial charge in [-0.15, -0.1) is 0 Å². The molecule has 0 aliphatic carbocycles. The zero-order valence-corrected chi connectivity index (χ0v) is 21.6. The molecule has 0 saturated heterocycles. The minimum Gasteiger partial charge on any atom is -0.279 e. The molecule has 0 amide bonds. The van der Waals surface area contributed by atoms with Crippen LogP contribution in [0, 0.1) is 0 Å². The van der Waals surface area contributed by atoms with Crippen molar-refractivity contribution in [1.82, 2.24) is 0 Å². The van der Waals surface area contributed by atoms with Crippen LogP contribution in [0.15, 0.2) is 131 Å². The van der Waals surface area contributed by atoms with Crippen molar-refractivity contribution in [2.24, 2.45) is 0 Å². The van der Waals surface area contributed by atoms with Gasteiger partial charge in [0.2, 0.25) is 0 Å². The first-order valence-electron chi connectivity index (χ1n) is 11.9. The first kappa shape index (κ1) is 24.0. The molecule has 38 heavy (non-hydrogen) atoms. The molecular formula is C30H22N2O4S2. The highest BCUT2D eigenvalue weighted by molar-refractivity contribution is 7.93. The van der Waals surface area contributed by atoms with Crippen molar-refractivity contribution < 1.29 is 16.8 Å². The summed E-state index contributed by atoms with van der Waals surface area (Å²) in [6.07, 6.45) is 0. The van der Waals surface area contributed by atoms with Gasteiger partial charge in [0, 0.05) is 10.8 Å². The number of benzene rings is 6. The molecule has 0 aliphatic rings. The molecule has 0 heterocycles. The van der Waals surface area contributed by atoms with E-state index in [0.29, 0.717) is 22.1 Å². The maximum absolute atomic E-state index is 13.3. The summed E-state index contributed by atoms with van der Waals surface area (Å²) in [6.45, 7) is 0. The Labute approximate surface area is 220 Å². The highest BCUT2D eigenvalue weighted by atomic mass is 32.2. The highest BCUT2D eigenvalue weighted by Crippen LogP contribution is 2.33. The molecule has 0 radical (unpaired) electrons. The first-order valence-corrected chi connectivity index (χ1v) is 14.8. The Hall–Kier alpha value is -4.40. The molecule has 0 fully saturated rings. The monoisotopic (exact) mass is 538 g/mol. The second-order valence-corrected chi connectivity index (χ2v) is 12.3. The van der Waals surface area contributed by atoms with Crippen LogP contribution in [0.25, 0.3) is 32.3 Å². The molecule has 0 aliphatic heterocycles. The van der Waals surface area contributed by atoms with Gasteiger partial charge in [0.05, 0.1) is 21.2 Å². The summed E-state index contributed by atoms with van der Waals surface area (Å²) >= 11 is 0. The summed E-state index contributed by atoms with van der Waals surface area (Å²) in [7, 11) is -7.79. The average Bonchev–Trinajstić information content (AvgIpc) is 2.93. The van der Waals surface area contributed by atoms with Crippen molar-refractivity contribution in [3.05, 3.63) is 121 Å². The van der Waals surface area contributed by atoms with E-state index < -0.39 is 20.0 Å². The fourth-order valence-electron chi connectivity index (χ4n) is 4.55. The molecule has 6 aromatic carbocycles. The van der Waals surface area contributed by atoms with Gasteiger partial charge in [0.25, 0.3) is 20.0 Å². The van der Waals surface area contributed by atoms with Crippen molar-refractivity contribution >= 4 is 63.7 Å². The highest BCUT2D eigenvalue weighted by Gasteiger charge is 2.20. The zero-order chi connectivity index (χ0) is 26.3. The molecule has 8 heteroatoms. The van der Waals surface area contributed by atoms with E-state index in [9.17, 15) is 16.8 Å². The van der Waals surface area contributed by atoms with Crippen LogP contribution in [0.1, 0.15) is 0 Å². The van der Waals surface area contributed by atoms with Crippen LogP contribution < -0.4 is 9.44 Å². The molecule has 0 aromatic heterocycles. The van der Waals surface area contributed by atoms with E-state index in [1.165, 1.54) is 0 Å². The topological polar surface area (TPSA) is 92.3 Å². The van der Waals surface area contributed by atoms with Crippen molar-refractivity contribution in [3.8, 4) is 0 Å². The molecule has 6 nitrogen and oxygen atoms in total. The van der Waals surface area contributed by atoms with E-state index in [-0.39, 0.29) is 9.79 Å². The van der Waals surface area contributed by atoms with E-state index >= 15 is 0 Å². The minimum absolute atomic E-state index is 0.140. The lowest BCUT2D eigenvalue weighted by Crippen LogP contribution is -2.15. The molecule has 188 valence electrons. The zero-order valence-electron chi connectivity index (χ0n) is 20.0. The van der Waals surface area contributed by atoms with Gasteiger partial charge in [-0.3, -0.25) is 9.44 Å². The fraction of sp³-hybridized carbons (Fsp3) is 0. The molecule has 0 atom stereocenters. The van der Waals surface area contributed by atoms with Gasteiger partial charge in [0.1, 0.15) is 0 Å². The fourth-order valence-corrected chi connectivity index (χ4v) is 6.78. The normalized spacial score (nSPS) is 12.1. The van der Waals surface area contributed by atoms with E-state index in [1.807, 2.05) is 48.5 Å². The van der Waals surface area contributed by atoms with Gasteiger partial charge < -0.3 is 0 Å². The number of nitrogens with one attached hydrogen (secondary N) is 2. The van der Waals surface area contributed by atoms with Crippen LogP contribution in [-0.4, -0.2) is 16.8 Å². The number of rotatable bonds is 6. The molecule has 2 N–H and O–H groups in total. The molecule has 6 rings (SSSR count). The van der Waals surface area contributed by atoms with Crippen molar-refractivity contribution in [1.29, 1.82) is 0 Å². The van der Waals surface area contributed by atoms with Crippen molar-refractivity contribution in [3.63, 3.8) is 0 Å². The van der Waals surface area contributed by atoms with Crippen LogP contribution in [-0.2, 0) is 20.0 Å². The number of sulfonamides is 2. The molecule has 6 aromatic rings. The Morgan fingerprint density at radius 3 is 1.18 bits per heavy atom. The smallest absolute Gasteiger partial charge is 0.261 e. The van der Waals surface area contributed by atoms with E-state index in [4.69, 9.17) is 0 Å². The Bertz CT molecular complexity index is 1920. The van der Waals surface area contributed by atoms with Crippen LogP contribution in [0.5, 0.6) is 0 Å². The lowest BCUT2D eigenvalue weighted by molar-refractivity contribution is 0.599. The Morgan fingerprint density at radius 2 is 0.763 bits per heavy atom. The standard InChI is InChI=1S/C30H22N2O4S2/c33-37(34,25-15-13-21-7-1-3-9-23(21)19-25)31-29-17-18-30(28-12-6-5-11-27(28)29)32-38(35,36)26-16-14-22-8-2-4-10-24(22)20-26/h1-20,31-32H. The molecule has 0 saturated carbocycles. The van der Waals surface area contributed by atoms with Crippen molar-refractivity contribution in [2.75, 3.05) is 9.44 Å². The molecule has 0 spiro atoms. The average molecular weight is 539 g/mol. The predicted molar refractivity (Wildman–Crippen MR) is 153 cm³/mol. The second kappa shape index (κ2) is 9.16. The lowest BCUT2D eigenvalue weighted by atomic mass is 10.1. The van der Waals surface area contributed by atoms with Gasteiger partial charge in [-0.05, 0) is 57.9 Å². The first-order chi connectivity index (χ1) is 18.3. The third-order valence-corrected chi connectivity index (χ3v) is 9.20. The van der Waals surface area contributed by atoms with Gasteiger partial charge >= 0.3 is 0 Å². The summed E-state index contributed by atoms with van der Waals surface area (Å²) in [5.74, 6) is 0. The van der Waals surface area contributed by atoms with Crippen LogP contribution in [0.2, 0.25) is 0 Å². The summed E-state index contributed by atoms with van der Waals surface area (Å²) in [6, 6.07) is 35.2. The van der Waals surface area contributed by atoms with Crippen LogP contribution >= 0.6 is 0 Å². The second-order valence-electron chi connectivity index (χ2n) is 8.94. The number of hydrogen-bond acceptors (Lipinski definition) is 4. The number of fused-ring (bicyclic) bond motifs is 3. The Kier molecular flexibility index (Phi) is 5.78. The maximum atomic E-state index is 13.3. The van der Waals surface area contributed by atoms with Gasteiger partial charge in [0.15, 0.2) is 0 Å².